The average molecular weight is 576 g/mol. The fraction of sp³-hybridized carbons (Fsp3) is 0.355. The monoisotopic (exact) mass is 575 g/mol. The van der Waals surface area contributed by atoms with Crippen molar-refractivity contribution in [2.75, 3.05) is 29.9 Å². The molecule has 3 aromatic heterocycles. The predicted molar refractivity (Wildman–Crippen MR) is 160 cm³/mol. The smallest absolute Gasteiger partial charge is 0.261 e. The van der Waals surface area contributed by atoms with Gasteiger partial charge in [0.25, 0.3) is 5.56 Å². The van der Waals surface area contributed by atoms with Crippen LogP contribution in [0.3, 0.4) is 0 Å². The van der Waals surface area contributed by atoms with Gasteiger partial charge in [0.1, 0.15) is 21.9 Å². The van der Waals surface area contributed by atoms with Crippen LogP contribution in [0, 0.1) is 12.3 Å². The highest BCUT2D eigenvalue weighted by molar-refractivity contribution is 6.30. The number of hydrogen-bond acceptors (Lipinski definition) is 6. The summed E-state index contributed by atoms with van der Waals surface area (Å²) in [5.74, 6) is 0.229. The Bertz CT molecular complexity index is 1690. The molecule has 0 aliphatic carbocycles. The van der Waals surface area contributed by atoms with Crippen molar-refractivity contribution >= 4 is 45.8 Å². The second-order valence-corrected chi connectivity index (χ2v) is 11.3. The van der Waals surface area contributed by atoms with E-state index in [2.05, 4.69) is 9.88 Å². The Morgan fingerprint density at radius 3 is 2.54 bits per heavy atom. The number of nitrogens with zero attached hydrogens (tertiary/aromatic N) is 5. The lowest BCUT2D eigenvalue weighted by Crippen LogP contribution is -2.47. The Morgan fingerprint density at radius 1 is 1.02 bits per heavy atom. The highest BCUT2D eigenvalue weighted by Gasteiger charge is 2.45. The number of hydrogen-bond donors (Lipinski definition) is 0. The van der Waals surface area contributed by atoms with Crippen molar-refractivity contribution < 1.29 is 14.0 Å². The quantitative estimate of drug-likeness (QED) is 0.217. The largest absolute Gasteiger partial charge is 0.461 e. The van der Waals surface area contributed by atoms with Crippen LogP contribution in [-0.4, -0.2) is 46.4 Å². The van der Waals surface area contributed by atoms with Crippen LogP contribution in [0.2, 0.25) is 5.15 Å². The zero-order chi connectivity index (χ0) is 29.5. The van der Waals surface area contributed by atoms with Crippen LogP contribution in [0.4, 0.5) is 11.4 Å². The number of benzene rings is 1. The summed E-state index contributed by atoms with van der Waals surface area (Å²) in [6, 6.07) is 13.2. The molecule has 4 heterocycles. The second kappa shape index (κ2) is 11.1. The van der Waals surface area contributed by atoms with Crippen molar-refractivity contribution in [3.05, 3.63) is 87.3 Å². The molecule has 9 nitrogen and oxygen atoms in total. The maximum absolute atomic E-state index is 13.3. The van der Waals surface area contributed by atoms with Crippen LogP contribution >= 0.6 is 11.6 Å². The van der Waals surface area contributed by atoms with Crippen LogP contribution in [0.15, 0.2) is 64.1 Å². The van der Waals surface area contributed by atoms with Gasteiger partial charge >= 0.3 is 0 Å². The predicted octanol–water partition coefficient (Wildman–Crippen LogP) is 5.01. The Balaban J connectivity index is 1.46. The van der Waals surface area contributed by atoms with E-state index in [0.29, 0.717) is 66.0 Å². The summed E-state index contributed by atoms with van der Waals surface area (Å²) in [5, 5.41) is 0.986. The Hall–Kier alpha value is -3.95. The summed E-state index contributed by atoms with van der Waals surface area (Å²) in [4.78, 5) is 49.3. The minimum absolute atomic E-state index is 0.101. The molecule has 0 unspecified atom stereocenters. The maximum atomic E-state index is 13.3. The number of amides is 2. The number of furan rings is 1. The molecule has 0 saturated heterocycles. The lowest BCUT2D eigenvalue weighted by molar-refractivity contribution is -0.137. The van der Waals surface area contributed by atoms with Gasteiger partial charge in [0.15, 0.2) is 0 Å². The molecule has 2 amide bonds. The van der Waals surface area contributed by atoms with E-state index in [1.54, 1.807) is 53.7 Å². The molecule has 0 radical (unpaired) electrons. The van der Waals surface area contributed by atoms with E-state index < -0.39 is 5.41 Å². The minimum Gasteiger partial charge on any atom is -0.461 e. The van der Waals surface area contributed by atoms with Gasteiger partial charge < -0.3 is 18.8 Å². The standard InChI is InChI=1S/C31H34ClN5O4/c1-6-37-24-10-9-21(17-25(24)34(5)29(39)31(3,4)30(37)40)18-35(19-22-8-7-12-33-27(22)32)14-15-36-13-11-26-23(28(36)38)16-20(2)41-26/h7-13,16-17H,6,14-15,18-19H2,1-5H3. The lowest BCUT2D eigenvalue weighted by Gasteiger charge is -2.27. The number of pyridine rings is 2. The molecule has 10 heteroatoms. The van der Waals surface area contributed by atoms with E-state index in [-0.39, 0.29) is 17.4 Å². The number of carbonyl (C=O) groups is 2. The van der Waals surface area contributed by atoms with Gasteiger partial charge in [0, 0.05) is 57.7 Å². The summed E-state index contributed by atoms with van der Waals surface area (Å²) >= 11 is 6.42. The fourth-order valence-corrected chi connectivity index (χ4v) is 5.60. The molecular formula is C31H34ClN5O4. The SMILES string of the molecule is CCN1C(=O)C(C)(C)C(=O)N(C)c2cc(CN(CCn3ccc4oc(C)cc4c3=O)Cc3cccnc3Cl)ccc21. The van der Waals surface area contributed by atoms with Gasteiger partial charge in [-0.25, -0.2) is 4.98 Å². The first-order valence-electron chi connectivity index (χ1n) is 13.7. The fourth-order valence-electron chi connectivity index (χ4n) is 5.42. The highest BCUT2D eigenvalue weighted by atomic mass is 35.5. The first kappa shape index (κ1) is 28.6. The first-order valence-corrected chi connectivity index (χ1v) is 14.0. The van der Waals surface area contributed by atoms with E-state index in [9.17, 15) is 14.4 Å². The number of carbonyl (C=O) groups excluding carboxylic acids is 2. The van der Waals surface area contributed by atoms with E-state index in [1.165, 1.54) is 0 Å². The van der Waals surface area contributed by atoms with Crippen molar-refractivity contribution in [1.29, 1.82) is 0 Å². The molecule has 0 fully saturated rings. The average Bonchev–Trinajstić information content (AvgIpc) is 3.33. The van der Waals surface area contributed by atoms with Crippen LogP contribution in [0.5, 0.6) is 0 Å². The number of aromatic nitrogens is 2. The Morgan fingerprint density at radius 2 is 1.80 bits per heavy atom. The zero-order valence-corrected chi connectivity index (χ0v) is 24.7. The van der Waals surface area contributed by atoms with Crippen molar-refractivity contribution in [1.82, 2.24) is 14.5 Å². The summed E-state index contributed by atoms with van der Waals surface area (Å²) in [7, 11) is 1.71. The van der Waals surface area contributed by atoms with Crippen molar-refractivity contribution in [2.45, 2.75) is 47.3 Å². The van der Waals surface area contributed by atoms with E-state index in [4.69, 9.17) is 16.0 Å². The number of fused-ring (bicyclic) bond motifs is 2. The Labute approximate surface area is 243 Å². The minimum atomic E-state index is -1.17. The number of halogens is 1. The zero-order valence-electron chi connectivity index (χ0n) is 24.0. The summed E-state index contributed by atoms with van der Waals surface area (Å²) in [5.41, 5.74) is 2.53. The van der Waals surface area contributed by atoms with Gasteiger partial charge in [0.2, 0.25) is 11.8 Å². The molecule has 1 aliphatic rings. The normalized spacial score (nSPS) is 15.1. The van der Waals surface area contributed by atoms with Gasteiger partial charge in [-0.3, -0.25) is 19.3 Å². The molecule has 1 aromatic carbocycles. The summed E-state index contributed by atoms with van der Waals surface area (Å²) < 4.78 is 7.29. The van der Waals surface area contributed by atoms with Gasteiger partial charge in [-0.15, -0.1) is 0 Å². The highest BCUT2D eigenvalue weighted by Crippen LogP contribution is 2.39. The third kappa shape index (κ3) is 5.39. The molecule has 0 N–H and O–H groups in total. The van der Waals surface area contributed by atoms with Crippen LogP contribution in [0.25, 0.3) is 11.0 Å². The number of aryl methyl sites for hydroxylation is 1. The second-order valence-electron chi connectivity index (χ2n) is 11.0. The Kier molecular flexibility index (Phi) is 7.76. The third-order valence-corrected chi connectivity index (χ3v) is 8.04. The molecule has 0 bridgehead atoms. The topological polar surface area (TPSA) is 91.9 Å². The molecule has 1 aliphatic heterocycles. The molecule has 0 atom stereocenters. The molecule has 0 spiro atoms. The van der Waals surface area contributed by atoms with E-state index in [1.807, 2.05) is 50.2 Å². The van der Waals surface area contributed by atoms with E-state index in [0.717, 1.165) is 11.1 Å². The molecule has 4 aromatic rings. The number of anilines is 2. The van der Waals surface area contributed by atoms with Crippen LogP contribution in [-0.2, 0) is 29.2 Å². The van der Waals surface area contributed by atoms with Crippen molar-refractivity contribution in [3.63, 3.8) is 0 Å². The number of rotatable bonds is 8. The molecule has 214 valence electrons. The van der Waals surface area contributed by atoms with Crippen LogP contribution in [0.1, 0.15) is 37.7 Å². The molecular weight excluding hydrogens is 542 g/mol. The lowest BCUT2D eigenvalue weighted by atomic mass is 9.90. The van der Waals surface area contributed by atoms with Gasteiger partial charge in [-0.2, -0.15) is 0 Å². The molecule has 41 heavy (non-hydrogen) atoms. The first-order chi connectivity index (χ1) is 19.5. The van der Waals surface area contributed by atoms with E-state index >= 15 is 0 Å². The summed E-state index contributed by atoms with van der Waals surface area (Å²) in [6.07, 6.45) is 3.41. The third-order valence-electron chi connectivity index (χ3n) is 7.70. The van der Waals surface area contributed by atoms with Crippen molar-refractivity contribution in [3.8, 4) is 0 Å². The molecule has 5 rings (SSSR count). The summed E-state index contributed by atoms with van der Waals surface area (Å²) in [6.45, 7) is 9.56. The van der Waals surface area contributed by atoms with Gasteiger partial charge in [-0.05, 0) is 63.6 Å². The maximum Gasteiger partial charge on any atom is 0.261 e. The van der Waals surface area contributed by atoms with Crippen LogP contribution < -0.4 is 15.4 Å². The van der Waals surface area contributed by atoms with Gasteiger partial charge in [0.05, 0.1) is 16.8 Å². The molecule has 0 saturated carbocycles. The van der Waals surface area contributed by atoms with Crippen molar-refractivity contribution in [2.24, 2.45) is 5.41 Å². The van der Waals surface area contributed by atoms with Gasteiger partial charge in [-0.1, -0.05) is 23.7 Å².